The van der Waals surface area contributed by atoms with Crippen LogP contribution in [0.5, 0.6) is 0 Å². The summed E-state index contributed by atoms with van der Waals surface area (Å²) in [5.41, 5.74) is 2.30. The van der Waals surface area contributed by atoms with Crippen molar-refractivity contribution in [3.05, 3.63) is 35.9 Å². The summed E-state index contributed by atoms with van der Waals surface area (Å²) in [7, 11) is -1.17. The molecule has 2 rings (SSSR count). The smallest absolute Gasteiger partial charge is 0.0594 e. The van der Waals surface area contributed by atoms with Crippen LogP contribution in [0, 0.1) is 0 Å². The van der Waals surface area contributed by atoms with Gasteiger partial charge in [-0.05, 0) is 24.1 Å². The highest BCUT2D eigenvalue weighted by Crippen LogP contribution is 2.30. The van der Waals surface area contributed by atoms with E-state index in [0.29, 0.717) is 0 Å². The van der Waals surface area contributed by atoms with Gasteiger partial charge in [0.1, 0.15) is 0 Å². The number of hydrogen-bond acceptors (Lipinski definition) is 2. The van der Waals surface area contributed by atoms with Gasteiger partial charge in [0.15, 0.2) is 0 Å². The van der Waals surface area contributed by atoms with Gasteiger partial charge in [0.05, 0.1) is 21.3 Å². The maximum absolute atomic E-state index is 5.43. The molecule has 0 aromatic heterocycles. The average Bonchev–Trinajstić information content (AvgIpc) is 2.40. The van der Waals surface area contributed by atoms with E-state index < -0.39 is 8.07 Å². The summed E-state index contributed by atoms with van der Waals surface area (Å²) in [5, 5.41) is 0. The second-order valence-electron chi connectivity index (χ2n) is 6.57. The quantitative estimate of drug-likeness (QED) is 0.765. The predicted octanol–water partition coefficient (Wildman–Crippen LogP) is 3.37. The van der Waals surface area contributed by atoms with Crippen molar-refractivity contribution in [3.8, 4) is 0 Å². The summed E-state index contributed by atoms with van der Waals surface area (Å²) in [6.45, 7) is 12.7. The second kappa shape index (κ2) is 6.68. The van der Waals surface area contributed by atoms with Crippen molar-refractivity contribution in [3.63, 3.8) is 0 Å². The lowest BCUT2D eigenvalue weighted by Crippen LogP contribution is -2.39. The first-order valence-corrected chi connectivity index (χ1v) is 11.0. The number of ether oxygens (including phenoxy) is 1. The van der Waals surface area contributed by atoms with Gasteiger partial charge in [0, 0.05) is 13.1 Å². The molecule has 3 heteroatoms. The van der Waals surface area contributed by atoms with Gasteiger partial charge < -0.3 is 4.74 Å². The Morgan fingerprint density at radius 1 is 1.11 bits per heavy atom. The molecule has 1 unspecified atom stereocenters. The fourth-order valence-corrected chi connectivity index (χ4v) is 5.11. The summed E-state index contributed by atoms with van der Waals surface area (Å²) in [6.07, 6.45) is 1.29. The van der Waals surface area contributed by atoms with Crippen molar-refractivity contribution in [2.75, 3.05) is 32.8 Å². The van der Waals surface area contributed by atoms with Crippen LogP contribution in [0.2, 0.25) is 19.6 Å². The lowest BCUT2D eigenvalue weighted by atomic mass is 10.1. The van der Waals surface area contributed by atoms with Crippen LogP contribution in [0.3, 0.4) is 0 Å². The molecular formula is C16H27NOSi. The Balaban J connectivity index is 1.99. The van der Waals surface area contributed by atoms with E-state index in [0.717, 1.165) is 31.8 Å². The van der Waals surface area contributed by atoms with Gasteiger partial charge in [-0.3, -0.25) is 4.90 Å². The van der Waals surface area contributed by atoms with Crippen molar-refractivity contribution in [2.24, 2.45) is 0 Å². The molecule has 2 nitrogen and oxygen atoms in total. The average molecular weight is 277 g/mol. The van der Waals surface area contributed by atoms with Gasteiger partial charge in [-0.2, -0.15) is 0 Å². The van der Waals surface area contributed by atoms with Crippen LogP contribution in [-0.2, 0) is 4.74 Å². The van der Waals surface area contributed by atoms with E-state index in [-0.39, 0.29) is 0 Å². The lowest BCUT2D eigenvalue weighted by molar-refractivity contribution is 0.0372. The van der Waals surface area contributed by atoms with Crippen LogP contribution >= 0.6 is 0 Å². The summed E-state index contributed by atoms with van der Waals surface area (Å²) in [4.78, 5) is 2.56. The monoisotopic (exact) mass is 277 g/mol. The molecule has 0 aliphatic carbocycles. The van der Waals surface area contributed by atoms with Gasteiger partial charge in [0.25, 0.3) is 0 Å². The topological polar surface area (TPSA) is 12.5 Å². The van der Waals surface area contributed by atoms with Crippen molar-refractivity contribution in [1.82, 2.24) is 4.90 Å². The lowest BCUT2D eigenvalue weighted by Gasteiger charge is -2.33. The van der Waals surface area contributed by atoms with Gasteiger partial charge in [0.2, 0.25) is 0 Å². The van der Waals surface area contributed by atoms with Gasteiger partial charge in [-0.25, -0.2) is 0 Å². The minimum absolute atomic E-state index is 0.761. The van der Waals surface area contributed by atoms with Gasteiger partial charge in [-0.1, -0.05) is 50.0 Å². The van der Waals surface area contributed by atoms with Crippen LogP contribution in [-0.4, -0.2) is 45.8 Å². The zero-order valence-corrected chi connectivity index (χ0v) is 13.6. The summed E-state index contributed by atoms with van der Waals surface area (Å²) in [6, 6.07) is 11.1. The Morgan fingerprint density at radius 2 is 1.74 bits per heavy atom. The first-order valence-electron chi connectivity index (χ1n) is 7.42. The van der Waals surface area contributed by atoms with E-state index in [1.807, 2.05) is 0 Å². The van der Waals surface area contributed by atoms with E-state index in [2.05, 4.69) is 54.9 Å². The van der Waals surface area contributed by atoms with Gasteiger partial charge in [-0.15, -0.1) is 0 Å². The standard InChI is InChI=1S/C16H27NOSi/c1-19(2,3)16(15-7-5-4-6-8-15)9-10-17-11-13-18-14-12-17/h4-8,16H,9-14H2,1-3H3. The molecule has 0 amide bonds. The van der Waals surface area contributed by atoms with Crippen LogP contribution in [0.1, 0.15) is 17.5 Å². The Bertz CT molecular complexity index is 368. The molecule has 0 radical (unpaired) electrons. The summed E-state index contributed by atoms with van der Waals surface area (Å²) < 4.78 is 5.43. The van der Waals surface area contributed by atoms with E-state index in [1.54, 1.807) is 0 Å². The van der Waals surface area contributed by atoms with Crippen LogP contribution < -0.4 is 0 Å². The maximum atomic E-state index is 5.43. The van der Waals surface area contributed by atoms with E-state index >= 15 is 0 Å². The number of morpholine rings is 1. The Morgan fingerprint density at radius 3 is 2.32 bits per heavy atom. The molecule has 1 heterocycles. The predicted molar refractivity (Wildman–Crippen MR) is 84.4 cm³/mol. The molecule has 1 aliphatic heterocycles. The molecule has 0 bridgehead atoms. The number of rotatable bonds is 5. The van der Waals surface area contributed by atoms with Crippen LogP contribution in [0.4, 0.5) is 0 Å². The molecule has 0 spiro atoms. The summed E-state index contributed by atoms with van der Waals surface area (Å²) >= 11 is 0. The first kappa shape index (κ1) is 14.8. The molecular weight excluding hydrogens is 250 g/mol. The molecule has 106 valence electrons. The molecule has 1 atom stereocenters. The summed E-state index contributed by atoms with van der Waals surface area (Å²) in [5.74, 6) is 0. The third kappa shape index (κ3) is 4.44. The highest BCUT2D eigenvalue weighted by atomic mass is 28.3. The van der Waals surface area contributed by atoms with Crippen molar-refractivity contribution >= 4 is 8.07 Å². The molecule has 1 aliphatic rings. The van der Waals surface area contributed by atoms with Crippen molar-refractivity contribution in [2.45, 2.75) is 31.6 Å². The third-order valence-corrected chi connectivity index (χ3v) is 6.80. The second-order valence-corrected chi connectivity index (χ2v) is 12.0. The molecule has 19 heavy (non-hydrogen) atoms. The molecule has 1 aromatic carbocycles. The highest BCUT2D eigenvalue weighted by molar-refractivity contribution is 6.77. The van der Waals surface area contributed by atoms with Crippen LogP contribution in [0.25, 0.3) is 0 Å². The largest absolute Gasteiger partial charge is 0.379 e. The molecule has 1 saturated heterocycles. The minimum atomic E-state index is -1.17. The highest BCUT2D eigenvalue weighted by Gasteiger charge is 2.28. The maximum Gasteiger partial charge on any atom is 0.0594 e. The SMILES string of the molecule is C[Si](C)(C)C(CCN1CCOCC1)c1ccccc1. The third-order valence-electron chi connectivity index (χ3n) is 4.09. The zero-order chi connectivity index (χ0) is 13.7. The fraction of sp³-hybridized carbons (Fsp3) is 0.625. The molecule has 1 fully saturated rings. The van der Waals surface area contributed by atoms with E-state index in [1.165, 1.54) is 18.5 Å². The molecule has 0 saturated carbocycles. The normalized spacial score (nSPS) is 19.3. The zero-order valence-electron chi connectivity index (χ0n) is 12.6. The number of benzene rings is 1. The van der Waals surface area contributed by atoms with Crippen molar-refractivity contribution < 1.29 is 4.74 Å². The fourth-order valence-electron chi connectivity index (χ4n) is 2.92. The van der Waals surface area contributed by atoms with Crippen molar-refractivity contribution in [1.29, 1.82) is 0 Å². The Hall–Kier alpha value is -0.643. The van der Waals surface area contributed by atoms with E-state index in [9.17, 15) is 0 Å². The number of nitrogens with zero attached hydrogens (tertiary/aromatic N) is 1. The van der Waals surface area contributed by atoms with E-state index in [4.69, 9.17) is 4.74 Å². The minimum Gasteiger partial charge on any atom is -0.379 e. The Labute approximate surface area is 118 Å². The number of hydrogen-bond donors (Lipinski definition) is 0. The Kier molecular flexibility index (Phi) is 5.19. The molecule has 1 aromatic rings. The van der Waals surface area contributed by atoms with Crippen LogP contribution in [0.15, 0.2) is 30.3 Å². The first-order chi connectivity index (χ1) is 9.07. The molecule has 0 N–H and O–H groups in total. The van der Waals surface area contributed by atoms with Gasteiger partial charge >= 0.3 is 0 Å².